The Hall–Kier alpha value is -1.89. The zero-order valence-corrected chi connectivity index (χ0v) is 16.4. The Balaban J connectivity index is 1.24. The normalized spacial score (nSPS) is 29.0. The molecule has 6 heteroatoms. The van der Waals surface area contributed by atoms with Gasteiger partial charge in [-0.25, -0.2) is 0 Å². The predicted molar refractivity (Wildman–Crippen MR) is 107 cm³/mol. The van der Waals surface area contributed by atoms with Crippen molar-refractivity contribution in [1.29, 1.82) is 0 Å². The minimum atomic E-state index is -0.150. The van der Waals surface area contributed by atoms with Crippen molar-refractivity contribution < 1.29 is 14.3 Å². The molecule has 0 bridgehead atoms. The van der Waals surface area contributed by atoms with E-state index in [1.54, 1.807) is 0 Å². The summed E-state index contributed by atoms with van der Waals surface area (Å²) in [4.78, 5) is 20.8. The van der Waals surface area contributed by atoms with Crippen LogP contribution in [0.25, 0.3) is 10.9 Å². The van der Waals surface area contributed by atoms with Gasteiger partial charge in [-0.15, -0.1) is 0 Å². The average molecular weight is 383 g/mol. The molecule has 28 heavy (non-hydrogen) atoms. The smallest absolute Gasteiger partial charge is 0.253 e. The lowest BCUT2D eigenvalue weighted by molar-refractivity contribution is -0.0451. The van der Waals surface area contributed by atoms with Gasteiger partial charge in [0.2, 0.25) is 0 Å². The van der Waals surface area contributed by atoms with Crippen LogP contribution in [0.5, 0.6) is 0 Å². The molecule has 4 heterocycles. The van der Waals surface area contributed by atoms with E-state index in [4.69, 9.17) is 9.47 Å². The van der Waals surface area contributed by atoms with Gasteiger partial charge in [0.15, 0.2) is 0 Å². The molecular weight excluding hydrogens is 354 g/mol. The Morgan fingerprint density at radius 1 is 1.21 bits per heavy atom. The number of carbonyl (C=O) groups excluding carboxylic acids is 1. The number of hydrogen-bond donors (Lipinski definition) is 1. The lowest BCUT2D eigenvalue weighted by Crippen LogP contribution is -2.50. The van der Waals surface area contributed by atoms with Crippen LogP contribution < -0.4 is 0 Å². The van der Waals surface area contributed by atoms with Crippen molar-refractivity contribution in [3.05, 3.63) is 36.0 Å². The second-order valence-electron chi connectivity index (χ2n) is 8.59. The third-order valence-corrected chi connectivity index (χ3v) is 6.53. The van der Waals surface area contributed by atoms with Crippen LogP contribution in [0.4, 0.5) is 0 Å². The second-order valence-corrected chi connectivity index (χ2v) is 8.59. The molecule has 0 saturated carbocycles. The maximum absolute atomic E-state index is 13.1. The van der Waals surface area contributed by atoms with Gasteiger partial charge >= 0.3 is 0 Å². The standard InChI is InChI=1S/C22H29N3O3/c26-21(19-2-3-20-18(12-19)4-6-23-20)25-7-1-5-22(16-25)13-17(15-28-22)14-24-8-10-27-11-9-24/h2-4,6,12,17,23H,1,5,7-11,13-16H2/t17-,22+/m1/s1. The lowest BCUT2D eigenvalue weighted by Gasteiger charge is -2.40. The molecule has 0 radical (unpaired) electrons. The summed E-state index contributed by atoms with van der Waals surface area (Å²) in [5.74, 6) is 0.687. The minimum Gasteiger partial charge on any atom is -0.379 e. The molecule has 2 atom stereocenters. The summed E-state index contributed by atoms with van der Waals surface area (Å²) in [6.45, 7) is 7.17. The fourth-order valence-electron chi connectivity index (χ4n) is 5.13. The van der Waals surface area contributed by atoms with Crippen LogP contribution in [0.15, 0.2) is 30.5 Å². The highest BCUT2D eigenvalue weighted by Crippen LogP contribution is 2.38. The monoisotopic (exact) mass is 383 g/mol. The van der Waals surface area contributed by atoms with E-state index in [1.807, 2.05) is 35.4 Å². The van der Waals surface area contributed by atoms with Gasteiger partial charge in [0.1, 0.15) is 0 Å². The molecule has 3 aliphatic rings. The first kappa shape index (κ1) is 18.2. The Kier molecular flexibility index (Phi) is 4.87. The number of rotatable bonds is 3. The van der Waals surface area contributed by atoms with Crippen LogP contribution in [0.1, 0.15) is 29.6 Å². The van der Waals surface area contributed by atoms with Crippen LogP contribution in [0.2, 0.25) is 0 Å². The Morgan fingerprint density at radius 3 is 3.00 bits per heavy atom. The number of carbonyl (C=O) groups is 1. The summed E-state index contributed by atoms with van der Waals surface area (Å²) in [5.41, 5.74) is 1.69. The number of piperidine rings is 1. The summed E-state index contributed by atoms with van der Waals surface area (Å²) < 4.78 is 11.8. The Bertz CT molecular complexity index is 844. The molecule has 0 aliphatic carbocycles. The predicted octanol–water partition coefficient (Wildman–Crippen LogP) is 2.51. The second kappa shape index (κ2) is 7.50. The number of nitrogens with zero attached hydrogens (tertiary/aromatic N) is 2. The summed E-state index contributed by atoms with van der Waals surface area (Å²) in [5, 5.41) is 1.08. The fraction of sp³-hybridized carbons (Fsp3) is 0.591. The molecule has 0 unspecified atom stereocenters. The molecule has 5 rings (SSSR count). The van der Waals surface area contributed by atoms with E-state index in [0.717, 1.165) is 88.3 Å². The van der Waals surface area contributed by atoms with Gasteiger partial charge in [0.25, 0.3) is 5.91 Å². The molecule has 2 aromatic rings. The van der Waals surface area contributed by atoms with Crippen molar-refractivity contribution in [2.45, 2.75) is 24.9 Å². The Morgan fingerprint density at radius 2 is 2.11 bits per heavy atom. The average Bonchev–Trinajstić information content (AvgIpc) is 3.35. The van der Waals surface area contributed by atoms with Crippen molar-refractivity contribution in [2.24, 2.45) is 5.92 Å². The number of nitrogens with one attached hydrogen (secondary N) is 1. The van der Waals surface area contributed by atoms with Crippen molar-refractivity contribution >= 4 is 16.8 Å². The molecule has 3 aliphatic heterocycles. The summed E-state index contributed by atoms with van der Waals surface area (Å²) in [6, 6.07) is 7.93. The zero-order valence-electron chi connectivity index (χ0n) is 16.4. The van der Waals surface area contributed by atoms with E-state index in [1.165, 1.54) is 0 Å². The SMILES string of the molecule is O=C(c1ccc2[nH]ccc2c1)N1CCC[C@]2(C[C@H](CN3CCOCC3)CO2)C1. The van der Waals surface area contributed by atoms with E-state index >= 15 is 0 Å². The molecule has 1 aromatic carbocycles. The summed E-state index contributed by atoms with van der Waals surface area (Å²) >= 11 is 0. The van der Waals surface area contributed by atoms with Crippen LogP contribution in [-0.2, 0) is 9.47 Å². The van der Waals surface area contributed by atoms with E-state index in [9.17, 15) is 4.79 Å². The van der Waals surface area contributed by atoms with Gasteiger partial charge in [-0.2, -0.15) is 0 Å². The molecule has 150 valence electrons. The zero-order chi connectivity index (χ0) is 19.0. The first-order valence-corrected chi connectivity index (χ1v) is 10.5. The maximum Gasteiger partial charge on any atom is 0.253 e. The van der Waals surface area contributed by atoms with Crippen molar-refractivity contribution in [3.8, 4) is 0 Å². The first-order chi connectivity index (χ1) is 13.7. The van der Waals surface area contributed by atoms with E-state index in [0.29, 0.717) is 5.92 Å². The first-order valence-electron chi connectivity index (χ1n) is 10.5. The lowest BCUT2D eigenvalue weighted by atomic mass is 9.86. The van der Waals surface area contributed by atoms with Gasteiger partial charge < -0.3 is 19.4 Å². The van der Waals surface area contributed by atoms with E-state index in [2.05, 4.69) is 9.88 Å². The highest BCUT2D eigenvalue weighted by Gasteiger charge is 2.44. The molecule has 3 fully saturated rings. The van der Waals surface area contributed by atoms with E-state index < -0.39 is 0 Å². The molecule has 3 saturated heterocycles. The number of likely N-dealkylation sites (tertiary alicyclic amines) is 1. The number of amides is 1. The summed E-state index contributed by atoms with van der Waals surface area (Å²) in [6.07, 6.45) is 5.05. The van der Waals surface area contributed by atoms with Gasteiger partial charge in [-0.3, -0.25) is 9.69 Å². The molecule has 1 aromatic heterocycles. The van der Waals surface area contributed by atoms with Crippen LogP contribution >= 0.6 is 0 Å². The highest BCUT2D eigenvalue weighted by molar-refractivity contribution is 5.98. The molecule has 6 nitrogen and oxygen atoms in total. The third-order valence-electron chi connectivity index (χ3n) is 6.53. The minimum absolute atomic E-state index is 0.127. The van der Waals surface area contributed by atoms with Gasteiger partial charge in [0, 0.05) is 55.4 Å². The van der Waals surface area contributed by atoms with Crippen molar-refractivity contribution in [2.75, 3.05) is 52.5 Å². The number of aromatic amines is 1. The Labute approximate surface area is 165 Å². The van der Waals surface area contributed by atoms with Crippen LogP contribution in [-0.4, -0.2) is 78.8 Å². The van der Waals surface area contributed by atoms with Crippen molar-refractivity contribution in [3.63, 3.8) is 0 Å². The number of H-pyrrole nitrogens is 1. The van der Waals surface area contributed by atoms with Gasteiger partial charge in [0.05, 0.1) is 25.4 Å². The van der Waals surface area contributed by atoms with Gasteiger partial charge in [-0.1, -0.05) is 0 Å². The number of aromatic nitrogens is 1. The molecular formula is C22H29N3O3. The largest absolute Gasteiger partial charge is 0.379 e. The van der Waals surface area contributed by atoms with Crippen LogP contribution in [0, 0.1) is 5.92 Å². The number of fused-ring (bicyclic) bond motifs is 1. The molecule has 1 spiro atoms. The molecule has 1 amide bonds. The quantitative estimate of drug-likeness (QED) is 0.885. The topological polar surface area (TPSA) is 57.8 Å². The summed E-state index contributed by atoms with van der Waals surface area (Å²) in [7, 11) is 0. The molecule has 1 N–H and O–H groups in total. The number of benzene rings is 1. The highest BCUT2D eigenvalue weighted by atomic mass is 16.5. The van der Waals surface area contributed by atoms with Crippen molar-refractivity contribution in [1.82, 2.24) is 14.8 Å². The number of morpholine rings is 1. The number of hydrogen-bond acceptors (Lipinski definition) is 4. The van der Waals surface area contributed by atoms with Gasteiger partial charge in [-0.05, 0) is 49.4 Å². The van der Waals surface area contributed by atoms with Crippen LogP contribution in [0.3, 0.4) is 0 Å². The number of ether oxygens (including phenoxy) is 2. The fourth-order valence-corrected chi connectivity index (χ4v) is 5.13. The van der Waals surface area contributed by atoms with E-state index in [-0.39, 0.29) is 11.5 Å². The third kappa shape index (κ3) is 3.56. The maximum atomic E-state index is 13.1.